The number of benzene rings is 2. The van der Waals surface area contributed by atoms with Crippen molar-refractivity contribution in [2.24, 2.45) is 0 Å². The van der Waals surface area contributed by atoms with E-state index in [2.05, 4.69) is 28.4 Å². The van der Waals surface area contributed by atoms with Gasteiger partial charge in [0.15, 0.2) is 5.76 Å². The van der Waals surface area contributed by atoms with Gasteiger partial charge in [-0.25, -0.2) is 0 Å². The van der Waals surface area contributed by atoms with Crippen LogP contribution in [-0.4, -0.2) is 40.7 Å². The minimum atomic E-state index is -0.582. The molecular weight excluding hydrogens is 426 g/mol. The van der Waals surface area contributed by atoms with Crippen molar-refractivity contribution >= 4 is 11.8 Å². The number of carbonyl (C=O) groups is 2. The second-order valence-electron chi connectivity index (χ2n) is 9.22. The monoisotopic (exact) mass is 457 g/mol. The van der Waals surface area contributed by atoms with Gasteiger partial charge in [0.2, 0.25) is 5.91 Å². The van der Waals surface area contributed by atoms with Gasteiger partial charge in [-0.05, 0) is 60.3 Å². The molecular formula is C28H31N3O3. The molecule has 0 saturated carbocycles. The lowest BCUT2D eigenvalue weighted by Crippen LogP contribution is -2.52. The number of piperidine rings is 1. The minimum absolute atomic E-state index is 0.137. The fraction of sp³-hybridized carbons (Fsp3) is 0.357. The molecule has 5 rings (SSSR count). The van der Waals surface area contributed by atoms with Gasteiger partial charge in [-0.15, -0.1) is 0 Å². The van der Waals surface area contributed by atoms with Crippen LogP contribution in [0.2, 0.25) is 0 Å². The number of hydrogen-bond donors (Lipinski definition) is 1. The zero-order chi connectivity index (χ0) is 23.3. The number of nitrogens with zero attached hydrogens (tertiary/aromatic N) is 2. The van der Waals surface area contributed by atoms with Gasteiger partial charge in [-0.1, -0.05) is 55.0 Å². The summed E-state index contributed by atoms with van der Waals surface area (Å²) in [6.07, 6.45) is 5.79. The molecule has 0 spiro atoms. The van der Waals surface area contributed by atoms with Crippen LogP contribution in [-0.2, 0) is 30.8 Å². The summed E-state index contributed by atoms with van der Waals surface area (Å²) in [7, 11) is 0. The lowest BCUT2D eigenvalue weighted by Gasteiger charge is -2.35. The number of furan rings is 1. The zero-order valence-corrected chi connectivity index (χ0v) is 19.4. The molecule has 6 nitrogen and oxygen atoms in total. The van der Waals surface area contributed by atoms with Gasteiger partial charge in [0.05, 0.1) is 6.26 Å². The second-order valence-corrected chi connectivity index (χ2v) is 9.22. The van der Waals surface area contributed by atoms with E-state index in [0.717, 1.165) is 36.3 Å². The molecule has 0 aliphatic carbocycles. The molecule has 3 aromatic rings. The summed E-state index contributed by atoms with van der Waals surface area (Å²) in [6, 6.07) is 19.1. The number of rotatable bonds is 6. The van der Waals surface area contributed by atoms with E-state index in [1.54, 1.807) is 17.0 Å². The van der Waals surface area contributed by atoms with Crippen molar-refractivity contribution in [2.45, 2.75) is 51.4 Å². The van der Waals surface area contributed by atoms with Crippen LogP contribution < -0.4 is 5.32 Å². The molecule has 0 radical (unpaired) electrons. The largest absolute Gasteiger partial charge is 0.459 e. The van der Waals surface area contributed by atoms with E-state index in [9.17, 15) is 9.59 Å². The average molecular weight is 458 g/mol. The molecule has 2 amide bonds. The molecule has 1 atom stereocenters. The Morgan fingerprint density at radius 1 is 0.882 bits per heavy atom. The van der Waals surface area contributed by atoms with Crippen LogP contribution in [0, 0.1) is 0 Å². The smallest absolute Gasteiger partial charge is 0.290 e. The first kappa shape index (κ1) is 22.4. The Hall–Kier alpha value is -3.38. The zero-order valence-electron chi connectivity index (χ0n) is 19.4. The van der Waals surface area contributed by atoms with Crippen molar-refractivity contribution in [3.8, 4) is 0 Å². The van der Waals surface area contributed by atoms with E-state index < -0.39 is 6.04 Å². The normalized spacial score (nSPS) is 18.4. The number of nitrogens with one attached hydrogen (secondary N) is 1. The van der Waals surface area contributed by atoms with E-state index in [1.165, 1.54) is 31.1 Å². The van der Waals surface area contributed by atoms with Gasteiger partial charge >= 0.3 is 0 Å². The van der Waals surface area contributed by atoms with Crippen molar-refractivity contribution in [1.29, 1.82) is 0 Å². The molecule has 2 aliphatic rings. The van der Waals surface area contributed by atoms with Crippen LogP contribution in [0.3, 0.4) is 0 Å². The van der Waals surface area contributed by atoms with Crippen LogP contribution in [0.15, 0.2) is 71.3 Å². The van der Waals surface area contributed by atoms with E-state index in [4.69, 9.17) is 4.42 Å². The summed E-state index contributed by atoms with van der Waals surface area (Å²) in [5, 5.41) is 3.13. The Morgan fingerprint density at radius 3 is 2.38 bits per heavy atom. The summed E-state index contributed by atoms with van der Waals surface area (Å²) in [5.41, 5.74) is 4.55. The van der Waals surface area contributed by atoms with Gasteiger partial charge in [0.1, 0.15) is 6.04 Å². The van der Waals surface area contributed by atoms with Crippen molar-refractivity contribution in [3.05, 3.63) is 94.9 Å². The fourth-order valence-electron chi connectivity index (χ4n) is 5.06. The number of likely N-dealkylation sites (tertiary alicyclic amines) is 1. The Balaban J connectivity index is 1.31. The Kier molecular flexibility index (Phi) is 6.77. The molecule has 34 heavy (non-hydrogen) atoms. The highest BCUT2D eigenvalue weighted by atomic mass is 16.3. The van der Waals surface area contributed by atoms with Gasteiger partial charge in [-0.3, -0.25) is 14.5 Å². The average Bonchev–Trinajstić information content (AvgIpc) is 3.42. The number of hydrogen-bond acceptors (Lipinski definition) is 4. The van der Waals surface area contributed by atoms with Crippen LogP contribution >= 0.6 is 0 Å². The van der Waals surface area contributed by atoms with E-state index in [1.807, 2.05) is 30.3 Å². The summed E-state index contributed by atoms with van der Waals surface area (Å²) in [4.78, 5) is 30.7. The maximum absolute atomic E-state index is 13.4. The molecule has 2 aromatic carbocycles. The lowest BCUT2D eigenvalue weighted by molar-refractivity contribution is -0.126. The summed E-state index contributed by atoms with van der Waals surface area (Å²) < 4.78 is 5.35. The van der Waals surface area contributed by atoms with Crippen molar-refractivity contribution in [1.82, 2.24) is 15.1 Å². The molecule has 1 N–H and O–H groups in total. The third-order valence-corrected chi connectivity index (χ3v) is 6.96. The van der Waals surface area contributed by atoms with E-state index in [0.29, 0.717) is 19.5 Å². The molecule has 1 saturated heterocycles. The maximum Gasteiger partial charge on any atom is 0.290 e. The topological polar surface area (TPSA) is 65.8 Å². The summed E-state index contributed by atoms with van der Waals surface area (Å²) in [6.45, 7) is 4.01. The first-order chi connectivity index (χ1) is 16.7. The first-order valence-electron chi connectivity index (χ1n) is 12.2. The van der Waals surface area contributed by atoms with Crippen molar-refractivity contribution in [2.75, 3.05) is 13.1 Å². The summed E-state index contributed by atoms with van der Waals surface area (Å²) >= 11 is 0. The SMILES string of the molecule is O=C(NCc1ccccc1CN1CCCCC1)C1Cc2ccccc2CN1C(=O)c1ccco1. The van der Waals surface area contributed by atoms with Crippen LogP contribution in [0.4, 0.5) is 0 Å². The molecule has 1 unspecified atom stereocenters. The molecule has 1 aromatic heterocycles. The highest BCUT2D eigenvalue weighted by Crippen LogP contribution is 2.26. The first-order valence-corrected chi connectivity index (χ1v) is 12.2. The maximum atomic E-state index is 13.4. The van der Waals surface area contributed by atoms with Gasteiger partial charge in [0, 0.05) is 26.1 Å². The van der Waals surface area contributed by atoms with Crippen LogP contribution in [0.1, 0.15) is 52.1 Å². The predicted octanol–water partition coefficient (Wildman–Crippen LogP) is 4.15. The van der Waals surface area contributed by atoms with Gasteiger partial charge < -0.3 is 14.6 Å². The molecule has 0 bridgehead atoms. The van der Waals surface area contributed by atoms with E-state index >= 15 is 0 Å². The Labute approximate surface area is 200 Å². The highest BCUT2D eigenvalue weighted by molar-refractivity contribution is 5.96. The molecule has 176 valence electrons. The standard InChI is InChI=1S/C28H31N3O3/c32-27(29-18-22-10-3-5-11-23(22)19-30-14-6-1-7-15-30)25-17-21-9-2-4-12-24(21)20-31(25)28(33)26-13-8-16-34-26/h2-5,8-13,16,25H,1,6-7,14-15,17-20H2,(H,29,32). The number of fused-ring (bicyclic) bond motifs is 1. The van der Waals surface area contributed by atoms with Crippen LogP contribution in [0.25, 0.3) is 0 Å². The number of carbonyl (C=O) groups excluding carboxylic acids is 2. The third kappa shape index (κ3) is 4.92. The fourth-order valence-corrected chi connectivity index (χ4v) is 5.06. The van der Waals surface area contributed by atoms with Crippen molar-refractivity contribution < 1.29 is 14.0 Å². The molecule has 3 heterocycles. The Bertz CT molecular complexity index is 1140. The lowest BCUT2D eigenvalue weighted by atomic mass is 9.93. The quantitative estimate of drug-likeness (QED) is 0.604. The van der Waals surface area contributed by atoms with Crippen molar-refractivity contribution in [3.63, 3.8) is 0 Å². The summed E-state index contributed by atoms with van der Waals surface area (Å²) in [5.74, 6) is -0.142. The van der Waals surface area contributed by atoms with Gasteiger partial charge in [-0.2, -0.15) is 0 Å². The predicted molar refractivity (Wildman–Crippen MR) is 130 cm³/mol. The van der Waals surface area contributed by atoms with Gasteiger partial charge in [0.25, 0.3) is 5.91 Å². The number of amides is 2. The van der Waals surface area contributed by atoms with E-state index in [-0.39, 0.29) is 17.6 Å². The van der Waals surface area contributed by atoms with Crippen LogP contribution in [0.5, 0.6) is 0 Å². The highest BCUT2D eigenvalue weighted by Gasteiger charge is 2.35. The molecule has 2 aliphatic heterocycles. The Morgan fingerprint density at radius 2 is 1.62 bits per heavy atom. The second kappa shape index (κ2) is 10.3. The molecule has 1 fully saturated rings. The third-order valence-electron chi connectivity index (χ3n) is 6.96. The minimum Gasteiger partial charge on any atom is -0.459 e. The molecule has 6 heteroatoms.